The van der Waals surface area contributed by atoms with Crippen LogP contribution in [0.4, 0.5) is 9.93 Å². The minimum Gasteiger partial charge on any atom is -0.352 e. The molecule has 1 aromatic heterocycles. The van der Waals surface area contributed by atoms with E-state index in [9.17, 15) is 9.59 Å². The van der Waals surface area contributed by atoms with E-state index < -0.39 is 6.03 Å². The van der Waals surface area contributed by atoms with Gasteiger partial charge in [-0.1, -0.05) is 23.5 Å². The molecule has 1 aliphatic rings. The zero-order valence-corrected chi connectivity index (χ0v) is 13.4. The number of aromatic nitrogens is 1. The predicted octanol–water partition coefficient (Wildman–Crippen LogP) is 1.05. The molecule has 122 valence electrons. The standard InChI is InChI=1S/C15H19N5O2S/c16-14(22)17-8-13(21)18-10-4-3-7-20(9-10)15-19-11-5-1-2-6-12(11)23-15/h1-2,5-6,10H,3-4,7-9H2,(H,18,21)(H3,16,17,22)/t10-/m0/s1. The van der Waals surface area contributed by atoms with Crippen molar-refractivity contribution in [3.8, 4) is 0 Å². The Bertz CT molecular complexity index is 684. The largest absolute Gasteiger partial charge is 0.352 e. The van der Waals surface area contributed by atoms with Gasteiger partial charge in [0.2, 0.25) is 5.91 Å². The SMILES string of the molecule is NC(=O)NCC(=O)N[C@H]1CCCN(c2nc3ccccc3s2)C1. The van der Waals surface area contributed by atoms with Crippen LogP contribution in [0, 0.1) is 0 Å². The van der Waals surface area contributed by atoms with E-state index in [1.165, 1.54) is 4.70 Å². The van der Waals surface area contributed by atoms with E-state index in [0.29, 0.717) is 0 Å². The summed E-state index contributed by atoms with van der Waals surface area (Å²) in [4.78, 5) is 29.3. The highest BCUT2D eigenvalue weighted by Crippen LogP contribution is 2.30. The number of carbonyl (C=O) groups is 2. The van der Waals surface area contributed by atoms with Crippen LogP contribution < -0.4 is 21.3 Å². The van der Waals surface area contributed by atoms with Gasteiger partial charge in [-0.15, -0.1) is 0 Å². The minimum absolute atomic E-state index is 0.0536. The molecule has 2 heterocycles. The number of urea groups is 1. The summed E-state index contributed by atoms with van der Waals surface area (Å²) >= 11 is 1.67. The van der Waals surface area contributed by atoms with Crippen LogP contribution in [0.2, 0.25) is 0 Å². The number of primary amides is 1. The highest BCUT2D eigenvalue weighted by Gasteiger charge is 2.23. The third kappa shape index (κ3) is 3.89. The molecule has 1 aliphatic heterocycles. The maximum absolute atomic E-state index is 11.8. The Morgan fingerprint density at radius 1 is 1.39 bits per heavy atom. The van der Waals surface area contributed by atoms with E-state index in [2.05, 4.69) is 26.6 Å². The van der Waals surface area contributed by atoms with Crippen molar-refractivity contribution >= 4 is 38.6 Å². The lowest BCUT2D eigenvalue weighted by atomic mass is 10.1. The van der Waals surface area contributed by atoms with Crippen molar-refractivity contribution < 1.29 is 9.59 Å². The number of anilines is 1. The summed E-state index contributed by atoms with van der Waals surface area (Å²) in [5.41, 5.74) is 5.97. The molecule has 3 rings (SSSR count). The molecule has 0 saturated carbocycles. The molecule has 0 spiro atoms. The highest BCUT2D eigenvalue weighted by atomic mass is 32.1. The summed E-state index contributed by atoms with van der Waals surface area (Å²) in [6, 6.07) is 7.42. The van der Waals surface area contributed by atoms with Gasteiger partial charge in [-0.05, 0) is 25.0 Å². The van der Waals surface area contributed by atoms with Crippen molar-refractivity contribution in [3.63, 3.8) is 0 Å². The number of hydrogen-bond donors (Lipinski definition) is 3. The molecule has 1 fully saturated rings. The number of fused-ring (bicyclic) bond motifs is 1. The molecule has 1 atom stereocenters. The lowest BCUT2D eigenvalue weighted by molar-refractivity contribution is -0.120. The van der Waals surface area contributed by atoms with Crippen LogP contribution in [0.3, 0.4) is 0 Å². The highest BCUT2D eigenvalue weighted by molar-refractivity contribution is 7.22. The van der Waals surface area contributed by atoms with E-state index in [1.54, 1.807) is 11.3 Å². The average Bonchev–Trinajstić information content (AvgIpc) is 2.97. The first-order chi connectivity index (χ1) is 11.1. The van der Waals surface area contributed by atoms with Crippen molar-refractivity contribution in [3.05, 3.63) is 24.3 Å². The topological polar surface area (TPSA) is 100 Å². The van der Waals surface area contributed by atoms with Crippen molar-refractivity contribution in [2.24, 2.45) is 5.73 Å². The summed E-state index contributed by atoms with van der Waals surface area (Å²) in [5.74, 6) is -0.222. The molecule has 7 nitrogen and oxygen atoms in total. The van der Waals surface area contributed by atoms with Crippen molar-refractivity contribution in [1.29, 1.82) is 0 Å². The van der Waals surface area contributed by atoms with E-state index in [-0.39, 0.29) is 18.5 Å². The third-order valence-electron chi connectivity index (χ3n) is 3.76. The number of para-hydroxylation sites is 1. The zero-order valence-electron chi connectivity index (χ0n) is 12.6. The van der Waals surface area contributed by atoms with Gasteiger partial charge in [-0.3, -0.25) is 4.79 Å². The fourth-order valence-corrected chi connectivity index (χ4v) is 3.71. The van der Waals surface area contributed by atoms with E-state index >= 15 is 0 Å². The zero-order chi connectivity index (χ0) is 16.2. The van der Waals surface area contributed by atoms with Crippen molar-refractivity contribution in [1.82, 2.24) is 15.6 Å². The van der Waals surface area contributed by atoms with Gasteiger partial charge in [0.25, 0.3) is 0 Å². The number of thiazole rings is 1. The van der Waals surface area contributed by atoms with Gasteiger partial charge >= 0.3 is 6.03 Å². The Morgan fingerprint density at radius 2 is 2.22 bits per heavy atom. The maximum atomic E-state index is 11.8. The monoisotopic (exact) mass is 333 g/mol. The fourth-order valence-electron chi connectivity index (χ4n) is 2.71. The number of nitrogens with zero attached hydrogens (tertiary/aromatic N) is 2. The number of benzene rings is 1. The summed E-state index contributed by atoms with van der Waals surface area (Å²) in [6.07, 6.45) is 1.91. The number of rotatable bonds is 4. The number of piperidine rings is 1. The van der Waals surface area contributed by atoms with E-state index in [4.69, 9.17) is 5.73 Å². The Kier molecular flexibility index (Phi) is 4.61. The second kappa shape index (κ2) is 6.82. The molecule has 2 aromatic rings. The first-order valence-electron chi connectivity index (χ1n) is 7.55. The normalized spacial score (nSPS) is 17.9. The Hall–Kier alpha value is -2.35. The molecule has 0 aliphatic carbocycles. The minimum atomic E-state index is -0.695. The lowest BCUT2D eigenvalue weighted by Gasteiger charge is -2.32. The van der Waals surface area contributed by atoms with Gasteiger partial charge in [0.1, 0.15) is 0 Å². The molecular weight excluding hydrogens is 314 g/mol. The number of carbonyl (C=O) groups excluding carboxylic acids is 2. The number of nitrogens with two attached hydrogens (primary N) is 1. The van der Waals surface area contributed by atoms with Gasteiger partial charge in [-0.2, -0.15) is 0 Å². The number of nitrogens with one attached hydrogen (secondary N) is 2. The van der Waals surface area contributed by atoms with Crippen molar-refractivity contribution in [2.45, 2.75) is 18.9 Å². The van der Waals surface area contributed by atoms with Gasteiger partial charge in [0.15, 0.2) is 5.13 Å². The molecule has 3 amide bonds. The fraction of sp³-hybridized carbons (Fsp3) is 0.400. The summed E-state index contributed by atoms with van der Waals surface area (Å²) in [7, 11) is 0. The van der Waals surface area contributed by atoms with Crippen LogP contribution >= 0.6 is 11.3 Å². The Labute approximate surface area is 137 Å². The lowest BCUT2D eigenvalue weighted by Crippen LogP contribution is -2.50. The van der Waals surface area contributed by atoms with Crippen molar-refractivity contribution in [2.75, 3.05) is 24.5 Å². The van der Waals surface area contributed by atoms with Crippen LogP contribution in [-0.2, 0) is 4.79 Å². The molecule has 1 aromatic carbocycles. The Balaban J connectivity index is 1.61. The van der Waals surface area contributed by atoms with Gasteiger partial charge in [0, 0.05) is 19.1 Å². The van der Waals surface area contributed by atoms with E-state index in [0.717, 1.165) is 36.6 Å². The molecule has 0 bridgehead atoms. The Morgan fingerprint density at radius 3 is 3.00 bits per heavy atom. The summed E-state index contributed by atoms with van der Waals surface area (Å²) in [6.45, 7) is 1.57. The quantitative estimate of drug-likeness (QED) is 0.778. The van der Waals surface area contributed by atoms with Crippen LogP contribution in [-0.4, -0.2) is 42.6 Å². The summed E-state index contributed by atoms with van der Waals surface area (Å²) in [5, 5.41) is 6.22. The molecule has 0 radical (unpaired) electrons. The van der Waals surface area contributed by atoms with Crippen LogP contribution in [0.15, 0.2) is 24.3 Å². The molecule has 0 unspecified atom stereocenters. The smallest absolute Gasteiger partial charge is 0.312 e. The first kappa shape index (κ1) is 15.5. The number of amides is 3. The van der Waals surface area contributed by atoms with E-state index in [1.807, 2.05) is 18.2 Å². The molecule has 4 N–H and O–H groups in total. The molecule has 1 saturated heterocycles. The molecule has 8 heteroatoms. The van der Waals surface area contributed by atoms with Gasteiger partial charge < -0.3 is 21.3 Å². The van der Waals surface area contributed by atoms with Crippen LogP contribution in [0.1, 0.15) is 12.8 Å². The van der Waals surface area contributed by atoms with Gasteiger partial charge in [-0.25, -0.2) is 9.78 Å². The predicted molar refractivity (Wildman–Crippen MR) is 90.6 cm³/mol. The average molecular weight is 333 g/mol. The van der Waals surface area contributed by atoms with Crippen LogP contribution in [0.5, 0.6) is 0 Å². The number of hydrogen-bond acceptors (Lipinski definition) is 5. The molecular formula is C15H19N5O2S. The van der Waals surface area contributed by atoms with Crippen LogP contribution in [0.25, 0.3) is 10.2 Å². The maximum Gasteiger partial charge on any atom is 0.312 e. The molecule has 23 heavy (non-hydrogen) atoms. The van der Waals surface area contributed by atoms with Gasteiger partial charge in [0.05, 0.1) is 16.8 Å². The second-order valence-corrected chi connectivity index (χ2v) is 6.54. The second-order valence-electron chi connectivity index (χ2n) is 5.53. The first-order valence-corrected chi connectivity index (χ1v) is 8.36. The third-order valence-corrected chi connectivity index (χ3v) is 4.86. The summed E-state index contributed by atoms with van der Waals surface area (Å²) < 4.78 is 1.17.